The minimum Gasteiger partial charge on any atom is -0.548 e. The number of carbonyl (C=O) groups excluding carboxylic acids is 2. The van der Waals surface area contributed by atoms with E-state index in [4.69, 9.17) is 9.47 Å². The third-order valence-electron chi connectivity index (χ3n) is 3.57. The van der Waals surface area contributed by atoms with Crippen molar-refractivity contribution in [2.45, 2.75) is 52.0 Å². The standard InChI is InChI=1S/C11H13NO3.C8H19NO2/c1-8(13)12-10(11(14)15)7-9-5-3-2-4-6-9;1-6(2)5-7(9)8(10-3)11-4/h2-6,10H,7H2,1H3,(H,12,13)(H,14,15);6-8H,5,9H2,1-4H3/t10-;7-/m01/s1. The van der Waals surface area contributed by atoms with Crippen LogP contribution in [0.4, 0.5) is 0 Å². The molecule has 0 radical (unpaired) electrons. The van der Waals surface area contributed by atoms with Crippen molar-refractivity contribution in [3.63, 3.8) is 0 Å². The number of benzene rings is 1. The Morgan fingerprint density at radius 2 is 1.69 bits per heavy atom. The monoisotopic (exact) mass is 368 g/mol. The highest BCUT2D eigenvalue weighted by atomic mass is 16.7. The molecule has 0 aliphatic heterocycles. The van der Waals surface area contributed by atoms with E-state index in [1.54, 1.807) is 26.4 Å². The fourth-order valence-electron chi connectivity index (χ4n) is 2.49. The van der Waals surface area contributed by atoms with E-state index in [0.717, 1.165) is 12.0 Å². The molecule has 2 atom stereocenters. The molecule has 7 nitrogen and oxygen atoms in total. The third kappa shape index (κ3) is 10.8. The first-order valence-electron chi connectivity index (χ1n) is 8.61. The molecule has 0 aliphatic carbocycles. The number of nitrogens with one attached hydrogen (secondary N) is 1. The average molecular weight is 368 g/mol. The number of hydrogen-bond acceptors (Lipinski definition) is 5. The highest BCUT2D eigenvalue weighted by Gasteiger charge is 2.20. The first-order valence-corrected chi connectivity index (χ1v) is 8.61. The van der Waals surface area contributed by atoms with Gasteiger partial charge in [-0.3, -0.25) is 4.79 Å². The van der Waals surface area contributed by atoms with Gasteiger partial charge in [0.2, 0.25) is 12.2 Å². The number of carbonyl (C=O) groups is 2. The smallest absolute Gasteiger partial charge is 0.217 e. The lowest BCUT2D eigenvalue weighted by molar-refractivity contribution is -0.462. The summed E-state index contributed by atoms with van der Waals surface area (Å²) in [5.74, 6) is -1.00. The molecule has 0 aliphatic rings. The van der Waals surface area contributed by atoms with Crippen LogP contribution in [0.15, 0.2) is 30.3 Å². The third-order valence-corrected chi connectivity index (χ3v) is 3.57. The Labute approximate surface area is 155 Å². The number of amides is 1. The van der Waals surface area contributed by atoms with Crippen LogP contribution in [0.1, 0.15) is 32.8 Å². The van der Waals surface area contributed by atoms with E-state index in [0.29, 0.717) is 5.92 Å². The second-order valence-electron chi connectivity index (χ2n) is 6.49. The van der Waals surface area contributed by atoms with E-state index in [-0.39, 0.29) is 24.7 Å². The molecule has 148 valence electrons. The number of aliphatic carboxylic acids is 1. The molecule has 0 fully saturated rings. The maximum atomic E-state index is 10.7. The van der Waals surface area contributed by atoms with Gasteiger partial charge in [-0.25, -0.2) is 0 Å². The molecule has 0 unspecified atom stereocenters. The topological polar surface area (TPSA) is 115 Å². The molecule has 26 heavy (non-hydrogen) atoms. The van der Waals surface area contributed by atoms with Crippen LogP contribution in [-0.2, 0) is 25.5 Å². The maximum Gasteiger partial charge on any atom is 0.217 e. The number of carboxylic acid groups (broad SMARTS) is 1. The van der Waals surface area contributed by atoms with Crippen LogP contribution in [-0.4, -0.2) is 44.5 Å². The lowest BCUT2D eigenvalue weighted by Gasteiger charge is -2.19. The highest BCUT2D eigenvalue weighted by molar-refractivity contribution is 5.81. The molecular weight excluding hydrogens is 336 g/mol. The Morgan fingerprint density at radius 3 is 2.08 bits per heavy atom. The summed E-state index contributed by atoms with van der Waals surface area (Å²) in [7, 11) is 3.29. The molecular formula is C19H32N2O5. The fraction of sp³-hybridized carbons (Fsp3) is 0.579. The largest absolute Gasteiger partial charge is 0.548 e. The fourth-order valence-corrected chi connectivity index (χ4v) is 2.49. The summed E-state index contributed by atoms with van der Waals surface area (Å²) in [6.45, 7) is 5.61. The average Bonchev–Trinajstić information content (AvgIpc) is 2.56. The van der Waals surface area contributed by atoms with Crippen LogP contribution >= 0.6 is 0 Å². The Morgan fingerprint density at radius 1 is 1.15 bits per heavy atom. The first-order chi connectivity index (χ1) is 12.2. The molecule has 1 aromatic carbocycles. The molecule has 7 heteroatoms. The molecule has 1 rings (SSSR count). The summed E-state index contributed by atoms with van der Waals surface area (Å²) >= 11 is 0. The van der Waals surface area contributed by atoms with Crippen molar-refractivity contribution in [3.05, 3.63) is 35.9 Å². The number of rotatable bonds is 9. The lowest BCUT2D eigenvalue weighted by Crippen LogP contribution is -2.67. The van der Waals surface area contributed by atoms with Crippen molar-refractivity contribution in [1.29, 1.82) is 0 Å². The lowest BCUT2D eigenvalue weighted by atomic mass is 10.0. The van der Waals surface area contributed by atoms with Crippen molar-refractivity contribution in [2.75, 3.05) is 14.2 Å². The summed E-state index contributed by atoms with van der Waals surface area (Å²) in [4.78, 5) is 21.5. The SMILES string of the molecule is CC(=O)N[C@@H](Cc1ccccc1)C(=O)[O-].COC(OC)[C@H]([NH3+])CC(C)C. The predicted molar refractivity (Wildman–Crippen MR) is 96.7 cm³/mol. The molecule has 0 aromatic heterocycles. The number of hydrogen-bond donors (Lipinski definition) is 2. The van der Waals surface area contributed by atoms with Crippen LogP contribution < -0.4 is 16.2 Å². The highest BCUT2D eigenvalue weighted by Crippen LogP contribution is 2.07. The van der Waals surface area contributed by atoms with Gasteiger partial charge in [0, 0.05) is 27.6 Å². The molecule has 1 aromatic rings. The minimum atomic E-state index is -1.27. The van der Waals surface area contributed by atoms with Crippen LogP contribution in [0.3, 0.4) is 0 Å². The van der Waals surface area contributed by atoms with Gasteiger partial charge in [-0.2, -0.15) is 0 Å². The van der Waals surface area contributed by atoms with Crippen LogP contribution in [0, 0.1) is 5.92 Å². The van der Waals surface area contributed by atoms with E-state index in [1.165, 1.54) is 6.92 Å². The van der Waals surface area contributed by atoms with Crippen molar-refractivity contribution in [3.8, 4) is 0 Å². The van der Waals surface area contributed by atoms with Crippen LogP contribution in [0.25, 0.3) is 0 Å². The van der Waals surface area contributed by atoms with Gasteiger partial charge < -0.3 is 30.4 Å². The second-order valence-corrected chi connectivity index (χ2v) is 6.49. The summed E-state index contributed by atoms with van der Waals surface area (Å²) in [5.41, 5.74) is 4.82. The van der Waals surface area contributed by atoms with Gasteiger partial charge in [0.25, 0.3) is 0 Å². The number of carboxylic acids is 1. The van der Waals surface area contributed by atoms with Crippen molar-refractivity contribution < 1.29 is 29.9 Å². The zero-order valence-corrected chi connectivity index (χ0v) is 16.4. The van der Waals surface area contributed by atoms with E-state index >= 15 is 0 Å². The Kier molecular flexibility index (Phi) is 12.3. The quantitative estimate of drug-likeness (QED) is 0.583. The van der Waals surface area contributed by atoms with Gasteiger partial charge in [0.1, 0.15) is 6.04 Å². The molecule has 4 N–H and O–H groups in total. The molecule has 1 amide bonds. The summed E-state index contributed by atoms with van der Waals surface area (Å²) in [5, 5.41) is 13.0. The Balaban J connectivity index is 0.000000508. The Hall–Kier alpha value is -1.96. The van der Waals surface area contributed by atoms with Crippen molar-refractivity contribution in [1.82, 2.24) is 5.32 Å². The maximum absolute atomic E-state index is 10.7. The van der Waals surface area contributed by atoms with Crippen LogP contribution in [0.5, 0.6) is 0 Å². The van der Waals surface area contributed by atoms with Gasteiger partial charge in [0.15, 0.2) is 0 Å². The molecule has 0 bridgehead atoms. The summed E-state index contributed by atoms with van der Waals surface area (Å²) in [6, 6.07) is 8.34. The van der Waals surface area contributed by atoms with Crippen molar-refractivity contribution in [2.24, 2.45) is 5.92 Å². The van der Waals surface area contributed by atoms with Gasteiger partial charge >= 0.3 is 0 Å². The van der Waals surface area contributed by atoms with E-state index < -0.39 is 12.0 Å². The second kappa shape index (κ2) is 13.3. The number of ether oxygens (including phenoxy) is 2. The van der Waals surface area contributed by atoms with Gasteiger partial charge in [-0.15, -0.1) is 0 Å². The van der Waals surface area contributed by atoms with Crippen molar-refractivity contribution >= 4 is 11.9 Å². The van der Waals surface area contributed by atoms with Gasteiger partial charge in [0.05, 0.1) is 12.0 Å². The van der Waals surface area contributed by atoms with E-state index in [9.17, 15) is 14.7 Å². The molecule has 0 saturated heterocycles. The van der Waals surface area contributed by atoms with Crippen LogP contribution in [0.2, 0.25) is 0 Å². The van der Waals surface area contributed by atoms with Gasteiger partial charge in [-0.1, -0.05) is 44.2 Å². The summed E-state index contributed by atoms with van der Waals surface area (Å²) in [6.07, 6.45) is 1.12. The number of quaternary nitrogens is 1. The van der Waals surface area contributed by atoms with E-state index in [2.05, 4.69) is 24.9 Å². The zero-order valence-electron chi connectivity index (χ0n) is 16.4. The molecule has 0 saturated carbocycles. The zero-order chi connectivity index (χ0) is 20.1. The molecule has 0 spiro atoms. The number of methoxy groups -OCH3 is 2. The summed E-state index contributed by atoms with van der Waals surface area (Å²) < 4.78 is 10.2. The van der Waals surface area contributed by atoms with E-state index in [1.807, 2.05) is 18.2 Å². The Bertz CT molecular complexity index is 518. The minimum absolute atomic E-state index is 0.155. The van der Waals surface area contributed by atoms with Gasteiger partial charge in [-0.05, 0) is 17.9 Å². The predicted octanol–water partition coefficient (Wildman–Crippen LogP) is -0.254. The normalized spacial score (nSPS) is 12.9. The molecule has 0 heterocycles. The first kappa shape index (κ1) is 24.0.